The van der Waals surface area contributed by atoms with Crippen molar-refractivity contribution < 1.29 is 25.2 Å². The monoisotopic (exact) mass is 313 g/mol. The van der Waals surface area contributed by atoms with E-state index in [1.807, 2.05) is 0 Å². The minimum absolute atomic E-state index is 0.0116. The summed E-state index contributed by atoms with van der Waals surface area (Å²) >= 11 is 0. The summed E-state index contributed by atoms with van der Waals surface area (Å²) in [7, 11) is 0. The number of ether oxygens (including phenoxy) is 1. The Hall–Kier alpha value is -1.72. The normalized spacial score (nSPS) is 34.2. The summed E-state index contributed by atoms with van der Waals surface area (Å²) in [6.45, 7) is -0.565. The van der Waals surface area contributed by atoms with Gasteiger partial charge in [-0.15, -0.1) is 0 Å². The van der Waals surface area contributed by atoms with E-state index in [1.54, 1.807) is 4.57 Å². The topological polar surface area (TPSA) is 158 Å². The summed E-state index contributed by atoms with van der Waals surface area (Å²) in [6, 6.07) is 0. The van der Waals surface area contributed by atoms with E-state index in [1.165, 1.54) is 6.33 Å². The van der Waals surface area contributed by atoms with Crippen molar-refractivity contribution >= 4 is 11.8 Å². The molecule has 0 aliphatic carbocycles. The van der Waals surface area contributed by atoms with Crippen molar-refractivity contribution in [3.05, 3.63) is 12.0 Å². The van der Waals surface area contributed by atoms with Gasteiger partial charge in [0, 0.05) is 19.4 Å². The Balaban J connectivity index is 1.96. The average Bonchev–Trinajstić information content (AvgIpc) is 3.02. The van der Waals surface area contributed by atoms with Crippen molar-refractivity contribution in [1.82, 2.24) is 14.9 Å². The van der Waals surface area contributed by atoms with Crippen LogP contribution in [-0.4, -0.2) is 61.4 Å². The summed E-state index contributed by atoms with van der Waals surface area (Å²) in [5.74, 6) is 0.283. The molecule has 0 radical (unpaired) electrons. The number of hydrogen-bond donors (Lipinski definition) is 6. The number of aliphatic imine (C=N–C) groups is 1. The molecule has 10 nitrogen and oxygen atoms in total. The zero-order valence-corrected chi connectivity index (χ0v) is 11.8. The molecule has 0 bridgehead atoms. The van der Waals surface area contributed by atoms with Gasteiger partial charge < -0.3 is 36.2 Å². The highest BCUT2D eigenvalue weighted by Gasteiger charge is 2.42. The number of imidazole rings is 1. The molecule has 1 aromatic rings. The van der Waals surface area contributed by atoms with Gasteiger partial charge in [0.2, 0.25) is 0 Å². The van der Waals surface area contributed by atoms with Crippen molar-refractivity contribution in [3.63, 3.8) is 0 Å². The maximum atomic E-state index is 10.6. The molecular weight excluding hydrogens is 294 g/mol. The van der Waals surface area contributed by atoms with E-state index < -0.39 is 24.2 Å². The van der Waals surface area contributed by atoms with Gasteiger partial charge in [0.05, 0.1) is 19.0 Å². The second-order valence-electron chi connectivity index (χ2n) is 5.39. The molecule has 4 atom stereocenters. The molecule has 7 N–H and O–H groups in total. The molecule has 0 aromatic carbocycles. The van der Waals surface area contributed by atoms with E-state index in [0.29, 0.717) is 5.82 Å². The predicted molar refractivity (Wildman–Crippen MR) is 73.9 cm³/mol. The molecule has 1 saturated heterocycles. The van der Waals surface area contributed by atoms with Crippen molar-refractivity contribution in [1.29, 1.82) is 0 Å². The van der Waals surface area contributed by atoms with Crippen LogP contribution >= 0.6 is 0 Å². The van der Waals surface area contributed by atoms with Crippen LogP contribution < -0.4 is 11.1 Å². The Morgan fingerprint density at radius 3 is 2.91 bits per heavy atom. The maximum absolute atomic E-state index is 10.6. The van der Waals surface area contributed by atoms with Crippen molar-refractivity contribution in [3.8, 4) is 0 Å². The minimum atomic E-state index is -1.62. The number of guanidine groups is 1. The lowest BCUT2D eigenvalue weighted by Gasteiger charge is -2.31. The molecule has 2 aliphatic heterocycles. The smallest absolute Gasteiger partial charge is 0.197 e. The van der Waals surface area contributed by atoms with Crippen LogP contribution in [0.2, 0.25) is 0 Å². The molecule has 3 heterocycles. The SMILES string of the molecule is NC1=Nc2c(ncn2[C@H]2C[C@H](O)[C@@H](CO)O2)C(O)(CCO)N1. The first-order valence-electron chi connectivity index (χ1n) is 6.95. The van der Waals surface area contributed by atoms with E-state index in [4.69, 9.17) is 20.7 Å². The highest BCUT2D eigenvalue weighted by molar-refractivity contribution is 5.83. The fraction of sp³-hybridized carbons (Fsp3) is 0.667. The van der Waals surface area contributed by atoms with Gasteiger partial charge in [-0.3, -0.25) is 4.57 Å². The Kier molecular flexibility index (Phi) is 3.78. The third-order valence-electron chi connectivity index (χ3n) is 3.89. The summed E-state index contributed by atoms with van der Waals surface area (Å²) in [6.07, 6.45) is -0.379. The molecule has 0 amide bonds. The van der Waals surface area contributed by atoms with E-state index >= 15 is 0 Å². The van der Waals surface area contributed by atoms with E-state index in [9.17, 15) is 10.2 Å². The van der Waals surface area contributed by atoms with Gasteiger partial charge in [-0.25, -0.2) is 4.98 Å². The molecule has 1 unspecified atom stereocenters. The van der Waals surface area contributed by atoms with Gasteiger partial charge in [-0.1, -0.05) is 0 Å². The molecule has 122 valence electrons. The number of aliphatic hydroxyl groups is 4. The number of aromatic nitrogens is 2. The first kappa shape index (κ1) is 15.2. The fourth-order valence-corrected chi connectivity index (χ4v) is 2.77. The van der Waals surface area contributed by atoms with Crippen LogP contribution in [0, 0.1) is 0 Å². The van der Waals surface area contributed by atoms with Crippen LogP contribution in [0.3, 0.4) is 0 Å². The summed E-state index contributed by atoms with van der Waals surface area (Å²) in [5.41, 5.74) is 4.30. The average molecular weight is 313 g/mol. The third kappa shape index (κ3) is 2.34. The molecule has 0 saturated carbocycles. The minimum Gasteiger partial charge on any atom is -0.396 e. The van der Waals surface area contributed by atoms with E-state index in [2.05, 4.69) is 15.3 Å². The van der Waals surface area contributed by atoms with Gasteiger partial charge >= 0.3 is 0 Å². The zero-order valence-electron chi connectivity index (χ0n) is 11.8. The number of aliphatic hydroxyl groups excluding tert-OH is 3. The Morgan fingerprint density at radius 1 is 1.50 bits per heavy atom. The quantitative estimate of drug-likeness (QED) is 0.359. The van der Waals surface area contributed by atoms with Crippen LogP contribution in [0.1, 0.15) is 24.8 Å². The van der Waals surface area contributed by atoms with Crippen LogP contribution in [0.4, 0.5) is 5.82 Å². The first-order chi connectivity index (χ1) is 10.5. The van der Waals surface area contributed by atoms with Gasteiger partial charge in [-0.05, 0) is 0 Å². The third-order valence-corrected chi connectivity index (χ3v) is 3.89. The fourth-order valence-electron chi connectivity index (χ4n) is 2.77. The van der Waals surface area contributed by atoms with Gasteiger partial charge in [0.25, 0.3) is 0 Å². The molecule has 10 heteroatoms. The van der Waals surface area contributed by atoms with Crippen LogP contribution in [0.15, 0.2) is 11.3 Å². The number of nitrogens with one attached hydrogen (secondary N) is 1. The lowest BCUT2D eigenvalue weighted by molar-refractivity contribution is -0.0442. The lowest BCUT2D eigenvalue weighted by atomic mass is 10.1. The number of rotatable bonds is 4. The first-order valence-corrected chi connectivity index (χ1v) is 6.95. The predicted octanol–water partition coefficient (Wildman–Crippen LogP) is -2.40. The molecular formula is C12H19N5O5. The highest BCUT2D eigenvalue weighted by atomic mass is 16.5. The van der Waals surface area contributed by atoms with E-state index in [0.717, 1.165) is 0 Å². The standard InChI is InChI=1S/C12H19N5O5/c13-11-15-10-9(12(21,16-11)1-2-18)14-5-17(10)8-3-6(20)7(4-19)22-8/h5-8,18-21H,1-4H2,(H3,13,15,16)/t6-,7+,8+,12?/m0/s1. The molecule has 1 fully saturated rings. The van der Waals surface area contributed by atoms with Crippen LogP contribution in [-0.2, 0) is 10.5 Å². The number of nitrogens with zero attached hydrogens (tertiary/aromatic N) is 3. The Labute approximate surface area is 125 Å². The van der Waals surface area contributed by atoms with Crippen molar-refractivity contribution in [2.24, 2.45) is 10.7 Å². The molecule has 2 aliphatic rings. The number of fused-ring (bicyclic) bond motifs is 1. The summed E-state index contributed by atoms with van der Waals surface area (Å²) in [4.78, 5) is 8.26. The Bertz CT molecular complexity index is 590. The second-order valence-corrected chi connectivity index (χ2v) is 5.39. The summed E-state index contributed by atoms with van der Waals surface area (Å²) < 4.78 is 7.10. The van der Waals surface area contributed by atoms with Crippen molar-refractivity contribution in [2.45, 2.75) is 37.0 Å². The lowest BCUT2D eigenvalue weighted by Crippen LogP contribution is -2.51. The molecule has 22 heavy (non-hydrogen) atoms. The van der Waals surface area contributed by atoms with Gasteiger partial charge in [-0.2, -0.15) is 4.99 Å². The Morgan fingerprint density at radius 2 is 2.27 bits per heavy atom. The van der Waals surface area contributed by atoms with E-state index in [-0.39, 0.29) is 37.7 Å². The highest BCUT2D eigenvalue weighted by Crippen LogP contribution is 2.38. The van der Waals surface area contributed by atoms with Gasteiger partial charge in [0.15, 0.2) is 17.5 Å². The zero-order chi connectivity index (χ0) is 15.9. The largest absolute Gasteiger partial charge is 0.396 e. The maximum Gasteiger partial charge on any atom is 0.197 e. The summed E-state index contributed by atoms with van der Waals surface area (Å²) in [5, 5.41) is 41.3. The van der Waals surface area contributed by atoms with Crippen molar-refractivity contribution in [2.75, 3.05) is 13.2 Å². The second kappa shape index (κ2) is 5.48. The van der Waals surface area contributed by atoms with Gasteiger partial charge in [0.1, 0.15) is 18.0 Å². The number of hydrogen-bond acceptors (Lipinski definition) is 9. The van der Waals surface area contributed by atoms with Crippen LogP contribution in [0.5, 0.6) is 0 Å². The van der Waals surface area contributed by atoms with Crippen LogP contribution in [0.25, 0.3) is 0 Å². The molecule has 0 spiro atoms. The molecule has 1 aromatic heterocycles. The number of nitrogens with two attached hydrogens (primary N) is 1. The molecule has 3 rings (SSSR count).